The summed E-state index contributed by atoms with van der Waals surface area (Å²) in [5.74, 6) is 0.691. The summed E-state index contributed by atoms with van der Waals surface area (Å²) in [6, 6.07) is 0. The highest BCUT2D eigenvalue weighted by molar-refractivity contribution is 4.82. The number of hydrogen-bond acceptors (Lipinski definition) is 2. The molecule has 1 heterocycles. The van der Waals surface area contributed by atoms with Crippen LogP contribution in [0.3, 0.4) is 0 Å². The van der Waals surface area contributed by atoms with Crippen LogP contribution in [0.5, 0.6) is 0 Å². The Kier molecular flexibility index (Phi) is 2.55. The molecule has 0 radical (unpaired) electrons. The van der Waals surface area contributed by atoms with E-state index < -0.39 is 0 Å². The van der Waals surface area contributed by atoms with E-state index in [2.05, 4.69) is 20.8 Å². The maximum atomic E-state index is 5.52. The lowest BCUT2D eigenvalue weighted by molar-refractivity contribution is 0.102. The highest BCUT2D eigenvalue weighted by atomic mass is 16.5. The van der Waals surface area contributed by atoms with Crippen molar-refractivity contribution in [3.63, 3.8) is 0 Å². The maximum Gasteiger partial charge on any atom is 0.0701 e. The van der Waals surface area contributed by atoms with Crippen LogP contribution in [0.2, 0.25) is 0 Å². The zero-order valence-electron chi connectivity index (χ0n) is 7.76. The summed E-state index contributed by atoms with van der Waals surface area (Å²) in [7, 11) is 0. The van der Waals surface area contributed by atoms with Crippen molar-refractivity contribution in [1.82, 2.24) is 0 Å². The van der Waals surface area contributed by atoms with Crippen LogP contribution < -0.4 is 5.73 Å². The summed E-state index contributed by atoms with van der Waals surface area (Å²) in [4.78, 5) is 0. The fourth-order valence-electron chi connectivity index (χ4n) is 1.47. The molecule has 0 aromatic heterocycles. The number of nitrogens with two attached hydrogens (primary N) is 1. The van der Waals surface area contributed by atoms with Gasteiger partial charge in [-0.25, -0.2) is 0 Å². The summed E-state index contributed by atoms with van der Waals surface area (Å²) in [6.45, 7) is 8.36. The van der Waals surface area contributed by atoms with Gasteiger partial charge < -0.3 is 10.5 Å². The van der Waals surface area contributed by atoms with Gasteiger partial charge in [-0.15, -0.1) is 0 Å². The average molecular weight is 157 g/mol. The predicted molar refractivity (Wildman–Crippen MR) is 46.4 cm³/mol. The summed E-state index contributed by atoms with van der Waals surface area (Å²) in [6.07, 6.45) is 1.46. The normalized spacial score (nSPS) is 32.7. The molecule has 0 aliphatic carbocycles. The largest absolute Gasteiger partial charge is 0.377 e. The second-order valence-electron chi connectivity index (χ2n) is 4.49. The van der Waals surface area contributed by atoms with Crippen molar-refractivity contribution in [1.29, 1.82) is 0 Å². The van der Waals surface area contributed by atoms with Gasteiger partial charge in [0.1, 0.15) is 0 Å². The van der Waals surface area contributed by atoms with Crippen LogP contribution in [-0.2, 0) is 4.74 Å². The van der Waals surface area contributed by atoms with E-state index in [0.717, 1.165) is 13.0 Å². The number of ether oxygens (including phenoxy) is 1. The van der Waals surface area contributed by atoms with E-state index in [1.807, 2.05) is 0 Å². The van der Waals surface area contributed by atoms with Gasteiger partial charge in [-0.1, -0.05) is 20.8 Å². The van der Waals surface area contributed by atoms with Crippen LogP contribution in [0, 0.1) is 11.3 Å². The van der Waals surface area contributed by atoms with E-state index in [1.54, 1.807) is 0 Å². The molecule has 2 N–H and O–H groups in total. The van der Waals surface area contributed by atoms with Crippen molar-refractivity contribution < 1.29 is 4.74 Å². The molecular weight excluding hydrogens is 138 g/mol. The molecule has 1 fully saturated rings. The third kappa shape index (κ3) is 2.17. The fraction of sp³-hybridized carbons (Fsp3) is 1.00. The Balaban J connectivity index is 2.42. The lowest BCUT2D eigenvalue weighted by Gasteiger charge is -2.25. The van der Waals surface area contributed by atoms with E-state index in [-0.39, 0.29) is 0 Å². The summed E-state index contributed by atoms with van der Waals surface area (Å²) in [5.41, 5.74) is 5.89. The molecule has 0 unspecified atom stereocenters. The summed E-state index contributed by atoms with van der Waals surface area (Å²) < 4.78 is 5.52. The van der Waals surface area contributed by atoms with Crippen LogP contribution in [0.1, 0.15) is 27.2 Å². The zero-order chi connectivity index (χ0) is 8.48. The molecule has 0 saturated carbocycles. The Bertz CT molecular complexity index is 128. The molecule has 11 heavy (non-hydrogen) atoms. The topological polar surface area (TPSA) is 35.2 Å². The first-order chi connectivity index (χ1) is 5.04. The van der Waals surface area contributed by atoms with E-state index >= 15 is 0 Å². The molecule has 0 amide bonds. The molecule has 2 heteroatoms. The van der Waals surface area contributed by atoms with E-state index in [1.165, 1.54) is 0 Å². The first-order valence-electron chi connectivity index (χ1n) is 4.35. The molecule has 1 aliphatic rings. The first kappa shape index (κ1) is 9.01. The Morgan fingerprint density at radius 3 is 2.36 bits per heavy atom. The van der Waals surface area contributed by atoms with Gasteiger partial charge in [0.15, 0.2) is 0 Å². The number of rotatable bonds is 1. The highest BCUT2D eigenvalue weighted by Crippen LogP contribution is 2.34. The smallest absolute Gasteiger partial charge is 0.0701 e. The van der Waals surface area contributed by atoms with Crippen molar-refractivity contribution in [3.8, 4) is 0 Å². The van der Waals surface area contributed by atoms with Gasteiger partial charge in [0.25, 0.3) is 0 Å². The van der Waals surface area contributed by atoms with Gasteiger partial charge in [0.05, 0.1) is 12.7 Å². The molecule has 1 saturated heterocycles. The van der Waals surface area contributed by atoms with E-state index in [4.69, 9.17) is 10.5 Å². The Morgan fingerprint density at radius 2 is 2.09 bits per heavy atom. The molecule has 2 nitrogen and oxygen atoms in total. The van der Waals surface area contributed by atoms with Gasteiger partial charge in [-0.05, 0) is 17.8 Å². The van der Waals surface area contributed by atoms with Crippen LogP contribution in [0.25, 0.3) is 0 Å². The minimum atomic E-state index is 0.319. The van der Waals surface area contributed by atoms with E-state index in [0.29, 0.717) is 24.0 Å². The Hall–Kier alpha value is -0.0800. The second kappa shape index (κ2) is 3.11. The Morgan fingerprint density at radius 1 is 1.45 bits per heavy atom. The quantitative estimate of drug-likeness (QED) is 0.624. The standard InChI is InChI=1S/C9H19NO/c1-9(2,3)7-4-8(5-10)11-6-7/h7-8H,4-6,10H2,1-3H3/t7-,8+/m0/s1. The number of hydrogen-bond donors (Lipinski definition) is 1. The molecule has 1 aliphatic heterocycles. The Labute approximate surface area is 69.1 Å². The van der Waals surface area contributed by atoms with Gasteiger partial charge in [-0.3, -0.25) is 0 Å². The average Bonchev–Trinajstić information content (AvgIpc) is 2.32. The highest BCUT2D eigenvalue weighted by Gasteiger charge is 2.32. The zero-order valence-corrected chi connectivity index (χ0v) is 7.76. The van der Waals surface area contributed by atoms with Crippen LogP contribution in [0.15, 0.2) is 0 Å². The first-order valence-corrected chi connectivity index (χ1v) is 4.35. The summed E-state index contributed by atoms with van der Waals surface area (Å²) in [5, 5.41) is 0. The molecule has 0 spiro atoms. The maximum absolute atomic E-state index is 5.52. The predicted octanol–water partition coefficient (Wildman–Crippen LogP) is 1.40. The van der Waals surface area contributed by atoms with E-state index in [9.17, 15) is 0 Å². The van der Waals surface area contributed by atoms with Crippen LogP contribution in [0.4, 0.5) is 0 Å². The molecule has 2 atom stereocenters. The van der Waals surface area contributed by atoms with Crippen molar-refractivity contribution in [2.45, 2.75) is 33.3 Å². The van der Waals surface area contributed by atoms with Crippen LogP contribution >= 0.6 is 0 Å². The lowest BCUT2D eigenvalue weighted by Crippen LogP contribution is -2.22. The van der Waals surface area contributed by atoms with Crippen molar-refractivity contribution >= 4 is 0 Å². The fourth-order valence-corrected chi connectivity index (χ4v) is 1.47. The van der Waals surface area contributed by atoms with Crippen molar-refractivity contribution in [3.05, 3.63) is 0 Å². The third-order valence-electron chi connectivity index (χ3n) is 2.57. The molecule has 66 valence electrons. The van der Waals surface area contributed by atoms with Gasteiger partial charge >= 0.3 is 0 Å². The molecule has 1 rings (SSSR count). The molecule has 0 bridgehead atoms. The van der Waals surface area contributed by atoms with Crippen LogP contribution in [-0.4, -0.2) is 19.3 Å². The molecule has 0 aromatic rings. The van der Waals surface area contributed by atoms with Gasteiger partial charge in [-0.2, -0.15) is 0 Å². The molecular formula is C9H19NO. The lowest BCUT2D eigenvalue weighted by atomic mass is 9.79. The van der Waals surface area contributed by atoms with Crippen molar-refractivity contribution in [2.75, 3.05) is 13.2 Å². The van der Waals surface area contributed by atoms with Gasteiger partial charge in [0, 0.05) is 6.54 Å². The SMILES string of the molecule is CC(C)(C)[C@@H]1CO[C@@H](CN)C1. The monoisotopic (exact) mass is 157 g/mol. The van der Waals surface area contributed by atoms with Gasteiger partial charge in [0.2, 0.25) is 0 Å². The molecule has 0 aromatic carbocycles. The minimum Gasteiger partial charge on any atom is -0.377 e. The minimum absolute atomic E-state index is 0.319. The van der Waals surface area contributed by atoms with Crippen molar-refractivity contribution in [2.24, 2.45) is 17.1 Å². The second-order valence-corrected chi connectivity index (χ2v) is 4.49. The third-order valence-corrected chi connectivity index (χ3v) is 2.57. The summed E-state index contributed by atoms with van der Waals surface area (Å²) >= 11 is 0.